The molecule has 4 aromatic rings. The summed E-state index contributed by atoms with van der Waals surface area (Å²) in [6.07, 6.45) is 1.65. The van der Waals surface area contributed by atoms with Crippen LogP contribution in [0.1, 0.15) is 12.5 Å². The number of aromatic nitrogens is 1. The summed E-state index contributed by atoms with van der Waals surface area (Å²) in [6, 6.07) is 22.4. The molecule has 3 aromatic carbocycles. The largest absolute Gasteiger partial charge is 0.493 e. The second-order valence-corrected chi connectivity index (χ2v) is 9.36. The molecule has 0 saturated carbocycles. The molecule has 0 saturated heterocycles. The van der Waals surface area contributed by atoms with Crippen LogP contribution in [0.3, 0.4) is 0 Å². The number of ether oxygens (including phenoxy) is 1. The third kappa shape index (κ3) is 5.52. The van der Waals surface area contributed by atoms with Crippen molar-refractivity contribution in [1.82, 2.24) is 4.57 Å². The van der Waals surface area contributed by atoms with Crippen LogP contribution in [0.2, 0.25) is 10.0 Å². The van der Waals surface area contributed by atoms with Gasteiger partial charge in [-0.2, -0.15) is 5.26 Å². The van der Waals surface area contributed by atoms with Crippen LogP contribution >= 0.6 is 34.5 Å². The molecule has 180 valence electrons. The first-order valence-corrected chi connectivity index (χ1v) is 12.4. The van der Waals surface area contributed by atoms with Gasteiger partial charge in [0.2, 0.25) is 0 Å². The molecule has 36 heavy (non-hydrogen) atoms. The quantitative estimate of drug-likeness (QED) is 0.386. The SMILES string of the molecule is CCOc1ccc(Cl)cc1/C=c1/s/c(=C(/C#N)C(=O)Nc2ccc(Cl)cc2)n(-c2ccccc2)c1=O. The molecule has 0 fully saturated rings. The topological polar surface area (TPSA) is 84.1 Å². The van der Waals surface area contributed by atoms with Crippen molar-refractivity contribution in [2.24, 2.45) is 0 Å². The lowest BCUT2D eigenvalue weighted by molar-refractivity contribution is -0.111. The first-order chi connectivity index (χ1) is 17.4. The molecule has 0 spiro atoms. The lowest BCUT2D eigenvalue weighted by Crippen LogP contribution is -2.32. The Kier molecular flexibility index (Phi) is 7.91. The Morgan fingerprint density at radius 3 is 2.44 bits per heavy atom. The van der Waals surface area contributed by atoms with Crippen LogP contribution in [-0.4, -0.2) is 17.1 Å². The average Bonchev–Trinajstić information content (AvgIpc) is 3.18. The second-order valence-electron chi connectivity index (χ2n) is 7.45. The fraction of sp³-hybridized carbons (Fsp3) is 0.0741. The molecular weight excluding hydrogens is 517 g/mol. The number of nitrogens with one attached hydrogen (secondary N) is 1. The molecule has 0 unspecified atom stereocenters. The first-order valence-electron chi connectivity index (χ1n) is 10.8. The maximum absolute atomic E-state index is 13.6. The van der Waals surface area contributed by atoms with Crippen molar-refractivity contribution in [2.45, 2.75) is 6.92 Å². The molecule has 1 aromatic heterocycles. The van der Waals surface area contributed by atoms with Crippen molar-refractivity contribution in [2.75, 3.05) is 11.9 Å². The van der Waals surface area contributed by atoms with Gasteiger partial charge in [0.15, 0.2) is 5.57 Å². The predicted molar refractivity (Wildman–Crippen MR) is 144 cm³/mol. The number of hydrogen-bond acceptors (Lipinski definition) is 5. The highest BCUT2D eigenvalue weighted by Crippen LogP contribution is 2.23. The minimum absolute atomic E-state index is 0.200. The number of anilines is 1. The van der Waals surface area contributed by atoms with Crippen LogP contribution in [0.5, 0.6) is 5.75 Å². The van der Waals surface area contributed by atoms with E-state index in [4.69, 9.17) is 27.9 Å². The van der Waals surface area contributed by atoms with E-state index < -0.39 is 5.91 Å². The van der Waals surface area contributed by atoms with Gasteiger partial charge in [-0.05, 0) is 67.6 Å². The van der Waals surface area contributed by atoms with E-state index in [0.29, 0.717) is 43.9 Å². The Balaban J connectivity index is 1.96. The van der Waals surface area contributed by atoms with E-state index in [1.54, 1.807) is 72.8 Å². The highest BCUT2D eigenvalue weighted by molar-refractivity contribution is 7.07. The fourth-order valence-corrected chi connectivity index (χ4v) is 4.84. The van der Waals surface area contributed by atoms with Crippen molar-refractivity contribution in [1.29, 1.82) is 5.26 Å². The zero-order valence-corrected chi connectivity index (χ0v) is 21.3. The van der Waals surface area contributed by atoms with Gasteiger partial charge >= 0.3 is 0 Å². The molecule has 9 heteroatoms. The minimum Gasteiger partial charge on any atom is -0.493 e. The lowest BCUT2D eigenvalue weighted by atomic mass is 10.2. The van der Waals surface area contributed by atoms with Gasteiger partial charge in [-0.1, -0.05) is 41.4 Å². The van der Waals surface area contributed by atoms with Gasteiger partial charge in [0.25, 0.3) is 11.5 Å². The Labute approximate surface area is 220 Å². The molecule has 1 amide bonds. The highest BCUT2D eigenvalue weighted by Gasteiger charge is 2.17. The van der Waals surface area contributed by atoms with Crippen LogP contribution in [0, 0.1) is 11.3 Å². The van der Waals surface area contributed by atoms with Gasteiger partial charge in [0.05, 0.1) is 16.8 Å². The zero-order chi connectivity index (χ0) is 25.7. The van der Waals surface area contributed by atoms with Crippen LogP contribution in [0.4, 0.5) is 5.69 Å². The Morgan fingerprint density at radius 1 is 1.08 bits per heavy atom. The van der Waals surface area contributed by atoms with Crippen LogP contribution in [0.25, 0.3) is 17.3 Å². The maximum atomic E-state index is 13.6. The number of benzene rings is 3. The monoisotopic (exact) mass is 535 g/mol. The predicted octanol–water partition coefficient (Wildman–Crippen LogP) is 4.75. The average molecular weight is 536 g/mol. The molecule has 6 nitrogen and oxygen atoms in total. The third-order valence-corrected chi connectivity index (χ3v) is 6.63. The molecule has 4 rings (SSSR count). The van der Waals surface area contributed by atoms with E-state index in [1.807, 2.05) is 19.1 Å². The molecule has 0 bridgehead atoms. The third-order valence-electron chi connectivity index (χ3n) is 5.05. The number of rotatable bonds is 6. The van der Waals surface area contributed by atoms with E-state index in [9.17, 15) is 14.9 Å². The minimum atomic E-state index is -0.643. The van der Waals surface area contributed by atoms with Crippen molar-refractivity contribution >= 4 is 57.8 Å². The summed E-state index contributed by atoms with van der Waals surface area (Å²) in [4.78, 5) is 26.7. The van der Waals surface area contributed by atoms with Gasteiger partial charge in [0.1, 0.15) is 16.5 Å². The summed E-state index contributed by atoms with van der Waals surface area (Å²) in [5.41, 5.74) is 1.02. The molecule has 0 aliphatic heterocycles. The zero-order valence-electron chi connectivity index (χ0n) is 19.0. The van der Waals surface area contributed by atoms with Gasteiger partial charge < -0.3 is 10.1 Å². The number of halogens is 2. The maximum Gasteiger partial charge on any atom is 0.273 e. The van der Waals surface area contributed by atoms with E-state index >= 15 is 0 Å². The molecule has 0 atom stereocenters. The summed E-state index contributed by atoms with van der Waals surface area (Å²) < 4.78 is 7.55. The van der Waals surface area contributed by atoms with Crippen molar-refractivity contribution in [3.8, 4) is 17.5 Å². The summed E-state index contributed by atoms with van der Waals surface area (Å²) >= 11 is 13.2. The number of nitrogens with zero attached hydrogens (tertiary/aromatic N) is 2. The van der Waals surface area contributed by atoms with Crippen LogP contribution < -0.4 is 24.8 Å². The Bertz CT molecular complexity index is 1640. The molecular formula is C27H19Cl2N3O3S. The molecule has 1 heterocycles. The lowest BCUT2D eigenvalue weighted by Gasteiger charge is -2.06. The molecule has 0 radical (unpaired) electrons. The number of para-hydroxylation sites is 1. The number of thiazole rings is 1. The number of nitriles is 1. The number of amides is 1. The first kappa shape index (κ1) is 25.3. The van der Waals surface area contributed by atoms with Crippen LogP contribution in [-0.2, 0) is 4.79 Å². The second kappa shape index (κ2) is 11.3. The normalized spacial score (nSPS) is 12.1. The van der Waals surface area contributed by atoms with Gasteiger partial charge in [-0.3, -0.25) is 14.2 Å². The number of hydrogen-bond donors (Lipinski definition) is 1. The summed E-state index contributed by atoms with van der Waals surface area (Å²) in [5.74, 6) is -0.0810. The standard InChI is InChI=1S/C27H19Cl2N3O3S/c1-2-35-23-13-10-19(29)14-17(23)15-24-26(34)32(21-6-4-3-5-7-21)27(36-24)22(16-30)25(33)31-20-11-8-18(28)9-12-20/h3-15H,2H2,1H3,(H,31,33)/b24-15+,27-22-. The number of carbonyl (C=O) groups is 1. The van der Waals surface area contributed by atoms with E-state index in [0.717, 1.165) is 11.3 Å². The van der Waals surface area contributed by atoms with Crippen LogP contribution in [0.15, 0.2) is 77.6 Å². The van der Waals surface area contributed by atoms with E-state index in [1.165, 1.54) is 4.57 Å². The van der Waals surface area contributed by atoms with Crippen molar-refractivity contribution < 1.29 is 9.53 Å². The highest BCUT2D eigenvalue weighted by atomic mass is 35.5. The van der Waals surface area contributed by atoms with E-state index in [-0.39, 0.29) is 15.8 Å². The van der Waals surface area contributed by atoms with Crippen molar-refractivity contribution in [3.63, 3.8) is 0 Å². The van der Waals surface area contributed by atoms with Gasteiger partial charge in [-0.15, -0.1) is 11.3 Å². The van der Waals surface area contributed by atoms with Gasteiger partial charge in [0, 0.05) is 21.3 Å². The summed E-state index contributed by atoms with van der Waals surface area (Å²) in [6.45, 7) is 2.29. The molecule has 0 aliphatic carbocycles. The Morgan fingerprint density at radius 2 is 1.78 bits per heavy atom. The van der Waals surface area contributed by atoms with Gasteiger partial charge in [-0.25, -0.2) is 0 Å². The summed E-state index contributed by atoms with van der Waals surface area (Å²) in [5, 5.41) is 13.7. The van der Waals surface area contributed by atoms with Crippen molar-refractivity contribution in [3.05, 3.63) is 108 Å². The molecule has 1 N–H and O–H groups in total. The smallest absolute Gasteiger partial charge is 0.273 e. The van der Waals surface area contributed by atoms with E-state index in [2.05, 4.69) is 5.32 Å². The Hall–Kier alpha value is -3.83. The summed E-state index contributed by atoms with van der Waals surface area (Å²) in [7, 11) is 0. The fourth-order valence-electron chi connectivity index (χ4n) is 3.44. The number of carbonyl (C=O) groups excluding carboxylic acids is 1. The molecule has 0 aliphatic rings.